The Balaban J connectivity index is 0. The Morgan fingerprint density at radius 3 is 0.950 bits per heavy atom. The van der Waals surface area contributed by atoms with Gasteiger partial charge in [-0.2, -0.15) is 15.8 Å². The molecule has 0 aliphatic rings. The Kier molecular flexibility index (Phi) is 39.4. The van der Waals surface area contributed by atoms with Gasteiger partial charge in [-0.05, 0) is 12.8 Å². The predicted octanol–water partition coefficient (Wildman–Crippen LogP) is 11.3. The van der Waals surface area contributed by atoms with Gasteiger partial charge in [0.15, 0.2) is 18.6 Å². The van der Waals surface area contributed by atoms with E-state index in [2.05, 4.69) is 19.2 Å². The first kappa shape index (κ1) is 40.2. The minimum absolute atomic E-state index is 0.588. The van der Waals surface area contributed by atoms with Gasteiger partial charge in [-0.25, -0.2) is 4.90 Å². The highest BCUT2D eigenvalue weighted by Crippen LogP contribution is 2.14. The molecular weight excluding hydrogens is 490 g/mol. The summed E-state index contributed by atoms with van der Waals surface area (Å²) in [6.07, 6.45) is 43.7. The van der Waals surface area contributed by atoms with E-state index in [0.717, 1.165) is 30.7 Å². The van der Waals surface area contributed by atoms with Gasteiger partial charge in [0, 0.05) is 13.1 Å². The molecule has 0 saturated heterocycles. The Morgan fingerprint density at radius 1 is 0.400 bits per heavy atom. The standard InChI is InChI=1S/C18H33N3.C17H34N2/c1-2-3-4-5-6-7-8-9-10-11-12-13-14-15-16-21(17-19)18-20;1-2-3-4-5-6-7-8-9-10-11-12-13-14-15-16-19-17-18/h2-16H2,1H3;19H,2-16H2,1H3. The quantitative estimate of drug-likeness (QED) is 0.0539. The van der Waals surface area contributed by atoms with Crippen molar-refractivity contribution in [3.8, 4) is 18.6 Å². The molecule has 0 amide bonds. The lowest BCUT2D eigenvalue weighted by Gasteiger charge is -2.05. The normalized spacial score (nSPS) is 10.2. The molecular formula is C35H67N5. The van der Waals surface area contributed by atoms with Crippen LogP contribution in [-0.4, -0.2) is 18.0 Å². The average molecular weight is 558 g/mol. The molecule has 0 fully saturated rings. The van der Waals surface area contributed by atoms with Crippen LogP contribution in [-0.2, 0) is 0 Å². The van der Waals surface area contributed by atoms with Crippen molar-refractivity contribution in [3.05, 3.63) is 0 Å². The molecule has 0 aromatic heterocycles. The van der Waals surface area contributed by atoms with Crippen LogP contribution in [0.25, 0.3) is 0 Å². The van der Waals surface area contributed by atoms with Gasteiger partial charge in [0.1, 0.15) is 0 Å². The van der Waals surface area contributed by atoms with Gasteiger partial charge >= 0.3 is 0 Å². The van der Waals surface area contributed by atoms with Crippen LogP contribution in [0, 0.1) is 34.4 Å². The van der Waals surface area contributed by atoms with Crippen LogP contribution in [0.4, 0.5) is 0 Å². The first-order valence-corrected chi connectivity index (χ1v) is 17.5. The Labute approximate surface area is 251 Å². The third kappa shape index (κ3) is 38.2. The summed E-state index contributed by atoms with van der Waals surface area (Å²) in [4.78, 5) is 1.15. The van der Waals surface area contributed by atoms with Crippen LogP contribution in [0.15, 0.2) is 0 Å². The highest BCUT2D eigenvalue weighted by molar-refractivity contribution is 4.85. The van der Waals surface area contributed by atoms with E-state index in [-0.39, 0.29) is 0 Å². The molecule has 0 aliphatic heterocycles. The fraction of sp³-hybridized carbons (Fsp3) is 0.914. The molecule has 0 heterocycles. The third-order valence-electron chi connectivity index (χ3n) is 7.71. The molecule has 0 aromatic rings. The summed E-state index contributed by atoms with van der Waals surface area (Å²) in [5.41, 5.74) is 0. The summed E-state index contributed by atoms with van der Waals surface area (Å²) in [6.45, 7) is 5.99. The van der Waals surface area contributed by atoms with Gasteiger partial charge in [0.05, 0.1) is 0 Å². The minimum atomic E-state index is 0.588. The van der Waals surface area contributed by atoms with Crippen molar-refractivity contribution in [2.45, 2.75) is 194 Å². The lowest BCUT2D eigenvalue weighted by Crippen LogP contribution is -2.11. The maximum Gasteiger partial charge on any atom is 0.193 e. The number of nitriles is 3. The average Bonchev–Trinajstić information content (AvgIpc) is 2.97. The van der Waals surface area contributed by atoms with Gasteiger partial charge in [0.25, 0.3) is 0 Å². The van der Waals surface area contributed by atoms with Crippen molar-refractivity contribution >= 4 is 0 Å². The zero-order valence-electron chi connectivity index (χ0n) is 27.0. The molecule has 0 aromatic carbocycles. The van der Waals surface area contributed by atoms with E-state index in [9.17, 15) is 0 Å². The van der Waals surface area contributed by atoms with Crippen molar-refractivity contribution in [1.29, 1.82) is 15.8 Å². The van der Waals surface area contributed by atoms with E-state index in [1.54, 1.807) is 0 Å². The van der Waals surface area contributed by atoms with Gasteiger partial charge in [-0.15, -0.1) is 0 Å². The Bertz CT molecular complexity index is 572. The van der Waals surface area contributed by atoms with Crippen LogP contribution >= 0.6 is 0 Å². The third-order valence-corrected chi connectivity index (χ3v) is 7.71. The van der Waals surface area contributed by atoms with Crippen molar-refractivity contribution in [2.75, 3.05) is 13.1 Å². The number of nitrogens with one attached hydrogen (secondary N) is 1. The number of hydrogen-bond donors (Lipinski definition) is 1. The molecule has 40 heavy (non-hydrogen) atoms. The maximum atomic E-state index is 8.58. The topological polar surface area (TPSA) is 86.6 Å². The van der Waals surface area contributed by atoms with Gasteiger partial charge in [0.2, 0.25) is 0 Å². The molecule has 0 radical (unpaired) electrons. The molecule has 0 rings (SSSR count). The molecule has 5 heteroatoms. The molecule has 0 aliphatic carbocycles. The van der Waals surface area contributed by atoms with E-state index >= 15 is 0 Å². The van der Waals surface area contributed by atoms with Crippen LogP contribution < -0.4 is 5.32 Å². The molecule has 0 unspecified atom stereocenters. The lowest BCUT2D eigenvalue weighted by atomic mass is 10.0. The monoisotopic (exact) mass is 558 g/mol. The van der Waals surface area contributed by atoms with Crippen LogP contribution in [0.2, 0.25) is 0 Å². The SMILES string of the molecule is CCCCCCCCCCCCCCCCN(C#N)C#N.CCCCCCCCCCCCCCCCNC#N. The second kappa shape index (κ2) is 39.2. The highest BCUT2D eigenvalue weighted by Gasteiger charge is 1.99. The molecule has 0 atom stereocenters. The highest BCUT2D eigenvalue weighted by atomic mass is 15.1. The second-order valence-electron chi connectivity index (χ2n) is 11.6. The fourth-order valence-electron chi connectivity index (χ4n) is 5.05. The summed E-state index contributed by atoms with van der Waals surface area (Å²) in [6, 6.07) is 0. The van der Waals surface area contributed by atoms with Crippen LogP contribution in [0.1, 0.15) is 194 Å². The summed E-state index contributed by atoms with van der Waals surface area (Å²) in [7, 11) is 0. The number of hydrogen-bond acceptors (Lipinski definition) is 5. The number of nitrogens with zero attached hydrogens (tertiary/aromatic N) is 4. The number of rotatable bonds is 30. The summed E-state index contributed by atoms with van der Waals surface area (Å²) < 4.78 is 0. The van der Waals surface area contributed by atoms with Crippen LogP contribution in [0.3, 0.4) is 0 Å². The van der Waals surface area contributed by atoms with Gasteiger partial charge in [-0.3, -0.25) is 0 Å². The van der Waals surface area contributed by atoms with Gasteiger partial charge in [-0.1, -0.05) is 181 Å². The largest absolute Gasteiger partial charge is 0.324 e. The Morgan fingerprint density at radius 2 is 0.675 bits per heavy atom. The molecule has 1 N–H and O–H groups in total. The fourth-order valence-corrected chi connectivity index (χ4v) is 5.05. The van der Waals surface area contributed by atoms with Crippen molar-refractivity contribution in [2.24, 2.45) is 0 Å². The van der Waals surface area contributed by atoms with E-state index in [4.69, 9.17) is 15.8 Å². The minimum Gasteiger partial charge on any atom is -0.324 e. The van der Waals surface area contributed by atoms with Crippen LogP contribution in [0.5, 0.6) is 0 Å². The summed E-state index contributed by atoms with van der Waals surface area (Å²) in [5.74, 6) is 0. The molecule has 232 valence electrons. The molecule has 5 nitrogen and oxygen atoms in total. The zero-order valence-corrected chi connectivity index (χ0v) is 27.0. The summed E-state index contributed by atoms with van der Waals surface area (Å²) in [5, 5.41) is 28.2. The Hall–Kier alpha value is -1.93. The van der Waals surface area contributed by atoms with Crippen molar-refractivity contribution in [1.82, 2.24) is 10.2 Å². The zero-order chi connectivity index (χ0) is 29.6. The predicted molar refractivity (Wildman–Crippen MR) is 172 cm³/mol. The molecule has 0 spiro atoms. The van der Waals surface area contributed by atoms with Gasteiger partial charge < -0.3 is 5.32 Å². The van der Waals surface area contributed by atoms with Crippen molar-refractivity contribution in [3.63, 3.8) is 0 Å². The van der Waals surface area contributed by atoms with E-state index in [0.29, 0.717) is 6.54 Å². The molecule has 0 saturated carbocycles. The number of unbranched alkanes of at least 4 members (excludes halogenated alkanes) is 26. The maximum absolute atomic E-state index is 8.58. The first-order chi connectivity index (χ1) is 19.8. The summed E-state index contributed by atoms with van der Waals surface area (Å²) >= 11 is 0. The second-order valence-corrected chi connectivity index (χ2v) is 11.6. The first-order valence-electron chi connectivity index (χ1n) is 17.5. The molecule has 0 bridgehead atoms. The van der Waals surface area contributed by atoms with E-state index in [1.807, 2.05) is 18.6 Å². The van der Waals surface area contributed by atoms with Crippen molar-refractivity contribution < 1.29 is 0 Å². The van der Waals surface area contributed by atoms with E-state index in [1.165, 1.54) is 161 Å². The smallest absolute Gasteiger partial charge is 0.193 e. The van der Waals surface area contributed by atoms with E-state index < -0.39 is 0 Å². The lowest BCUT2D eigenvalue weighted by molar-refractivity contribution is 0.486.